The number of phenolic OH excluding ortho intramolecular Hbond substituents is 2. The van der Waals surface area contributed by atoms with Crippen LogP contribution in [0.2, 0.25) is 0 Å². The molecule has 2 aromatic rings. The van der Waals surface area contributed by atoms with Gasteiger partial charge in [0.15, 0.2) is 0 Å². The topological polar surface area (TPSA) is 466 Å². The summed E-state index contributed by atoms with van der Waals surface area (Å²) in [5.74, 6) is -12.0. The van der Waals surface area contributed by atoms with Gasteiger partial charge in [-0.1, -0.05) is 64.8 Å². The molecule has 2 rings (SSSR count). The minimum atomic E-state index is -1.79. The second-order valence-electron chi connectivity index (χ2n) is 19.5. The third-order valence-electron chi connectivity index (χ3n) is 12.8. The number of carbonyl (C=O) groups excluding carboxylic acids is 8. The average Bonchev–Trinajstić information content (AvgIpc) is 3.41. The Balaban J connectivity index is 2.39. The molecule has 0 saturated carbocycles. The van der Waals surface area contributed by atoms with Gasteiger partial charge >= 0.3 is 11.9 Å². The predicted octanol–water partition coefficient (Wildman–Crippen LogP) is -3.02. The zero-order chi connectivity index (χ0) is 59.4. The Labute approximate surface area is 458 Å². The van der Waals surface area contributed by atoms with Gasteiger partial charge in [-0.15, -0.1) is 0 Å². The van der Waals surface area contributed by atoms with Gasteiger partial charge < -0.3 is 90.4 Å². The average molecular weight is 1120 g/mol. The van der Waals surface area contributed by atoms with E-state index < -0.39 is 151 Å². The number of aliphatic hydroxyl groups excluding tert-OH is 2. The van der Waals surface area contributed by atoms with Crippen molar-refractivity contribution in [3.05, 3.63) is 59.7 Å². The summed E-state index contributed by atoms with van der Waals surface area (Å²) in [7, 11) is 0. The van der Waals surface area contributed by atoms with E-state index in [1.807, 2.05) is 0 Å². The van der Waals surface area contributed by atoms with Crippen LogP contribution in [0, 0.1) is 11.8 Å². The molecule has 0 aliphatic rings. The van der Waals surface area contributed by atoms with E-state index in [9.17, 15) is 78.6 Å². The summed E-state index contributed by atoms with van der Waals surface area (Å²) < 4.78 is 0. The molecule has 0 aliphatic heterocycles. The Bertz CT molecular complexity index is 2330. The predicted molar refractivity (Wildman–Crippen MR) is 286 cm³/mol. The number of hydrogen-bond donors (Lipinski definition) is 17. The molecule has 0 aromatic heterocycles. The van der Waals surface area contributed by atoms with Crippen LogP contribution in [0.4, 0.5) is 0 Å². The number of aromatic hydroxyl groups is 2. The summed E-state index contributed by atoms with van der Waals surface area (Å²) in [6.07, 6.45) is 0.453. The van der Waals surface area contributed by atoms with Crippen molar-refractivity contribution in [2.75, 3.05) is 26.3 Å². The van der Waals surface area contributed by atoms with Crippen molar-refractivity contribution in [1.82, 2.24) is 42.5 Å². The maximum Gasteiger partial charge on any atom is 0.326 e. The molecule has 2 aromatic carbocycles. The van der Waals surface area contributed by atoms with Crippen LogP contribution in [0.5, 0.6) is 11.5 Å². The molecule has 27 nitrogen and oxygen atoms in total. The molecule has 0 spiro atoms. The molecule has 8 amide bonds. The molecule has 27 heteroatoms. The van der Waals surface area contributed by atoms with Crippen LogP contribution in [0.25, 0.3) is 0 Å². The summed E-state index contributed by atoms with van der Waals surface area (Å²) in [6, 6.07) is -2.14. The van der Waals surface area contributed by atoms with Crippen LogP contribution >= 0.6 is 0 Å². The van der Waals surface area contributed by atoms with Gasteiger partial charge in [-0.05, 0) is 98.8 Å². The van der Waals surface area contributed by atoms with E-state index in [0.29, 0.717) is 36.9 Å². The quantitative estimate of drug-likeness (QED) is 0.0300. The number of nitrogens with one attached hydrogen (secondary N) is 8. The number of carboxylic acids is 2. The number of phenols is 2. The lowest BCUT2D eigenvalue weighted by Crippen LogP contribution is -2.62. The van der Waals surface area contributed by atoms with Crippen LogP contribution in [0.1, 0.15) is 96.6 Å². The monoisotopic (exact) mass is 1120 g/mol. The molecule has 10 atom stereocenters. The van der Waals surface area contributed by atoms with E-state index in [-0.39, 0.29) is 56.6 Å². The lowest BCUT2D eigenvalue weighted by molar-refractivity contribution is -0.143. The van der Waals surface area contributed by atoms with Crippen molar-refractivity contribution < 1.29 is 78.6 Å². The fraction of sp³-hybridized carbons (Fsp3) is 0.577. The molecule has 0 heterocycles. The summed E-state index contributed by atoms with van der Waals surface area (Å²) in [5.41, 5.74) is 18.2. The summed E-state index contributed by atoms with van der Waals surface area (Å²) in [5, 5.41) is 79.1. The second-order valence-corrected chi connectivity index (χ2v) is 19.5. The van der Waals surface area contributed by atoms with Crippen molar-refractivity contribution in [3.8, 4) is 11.5 Å². The Morgan fingerprint density at radius 2 is 0.835 bits per heavy atom. The van der Waals surface area contributed by atoms with Gasteiger partial charge in [-0.3, -0.25) is 43.2 Å². The van der Waals surface area contributed by atoms with E-state index >= 15 is 0 Å². The van der Waals surface area contributed by atoms with E-state index in [1.54, 1.807) is 27.7 Å². The lowest BCUT2D eigenvalue weighted by atomic mass is 9.97. The van der Waals surface area contributed by atoms with Gasteiger partial charge in [0.25, 0.3) is 0 Å². The first-order valence-corrected chi connectivity index (χ1v) is 26.2. The Hall–Kier alpha value is -7.46. The number of benzene rings is 2. The number of hydrogen-bond acceptors (Lipinski definition) is 17. The molecule has 0 unspecified atom stereocenters. The van der Waals surface area contributed by atoms with Gasteiger partial charge in [-0.2, -0.15) is 0 Å². The highest BCUT2D eigenvalue weighted by molar-refractivity contribution is 5.98. The molecule has 0 aliphatic carbocycles. The smallest absolute Gasteiger partial charge is 0.326 e. The Morgan fingerprint density at radius 3 is 1.27 bits per heavy atom. The molecule has 0 radical (unpaired) electrons. The fourth-order valence-electron chi connectivity index (χ4n) is 7.83. The highest BCUT2D eigenvalue weighted by Crippen LogP contribution is 2.16. The van der Waals surface area contributed by atoms with Crippen molar-refractivity contribution in [2.24, 2.45) is 29.0 Å². The highest BCUT2D eigenvalue weighted by atomic mass is 16.4. The number of amides is 8. The Kier molecular flexibility index (Phi) is 30.1. The summed E-state index contributed by atoms with van der Waals surface area (Å²) >= 11 is 0. The van der Waals surface area contributed by atoms with Crippen LogP contribution < -0.4 is 59.7 Å². The van der Waals surface area contributed by atoms with Crippen LogP contribution in [0.15, 0.2) is 48.5 Å². The zero-order valence-corrected chi connectivity index (χ0v) is 45.1. The molecular formula is C52H81N11O16. The summed E-state index contributed by atoms with van der Waals surface area (Å²) in [6.45, 7) is 4.86. The number of rotatable bonds is 37. The highest BCUT2D eigenvalue weighted by Gasteiger charge is 2.36. The number of carbonyl (C=O) groups is 10. The van der Waals surface area contributed by atoms with Crippen LogP contribution in [0.3, 0.4) is 0 Å². The molecular weight excluding hydrogens is 1030 g/mol. The SMILES string of the molecule is CC[C@H](C)[C@H](NC(=O)[C@H](CCCCN)NC(=O)[C@H](CCC(=O)O)NC(=O)[C@H](CO)NC(=O)[C@H](Cc1ccc(O)cc1)NC(=O)[C@@H](N)CCCCN)C(=O)N[C@@H](CO)C(=O)N[C@@H](Cc1ccc(O)cc1)C(=O)N[C@H](C(=O)O)C(C)C. The molecule has 0 fully saturated rings. The Morgan fingerprint density at radius 1 is 0.468 bits per heavy atom. The second kappa shape index (κ2) is 35.1. The van der Waals surface area contributed by atoms with E-state index in [4.69, 9.17) is 17.2 Å². The minimum Gasteiger partial charge on any atom is -0.508 e. The first-order chi connectivity index (χ1) is 37.4. The first kappa shape index (κ1) is 67.6. The van der Waals surface area contributed by atoms with Gasteiger partial charge in [-0.25, -0.2) is 4.79 Å². The summed E-state index contributed by atoms with van der Waals surface area (Å²) in [4.78, 5) is 134. The lowest BCUT2D eigenvalue weighted by Gasteiger charge is -2.29. The maximum atomic E-state index is 14.2. The normalized spacial score (nSPS) is 15.0. The van der Waals surface area contributed by atoms with E-state index in [0.717, 1.165) is 0 Å². The number of aliphatic hydroxyl groups is 2. The largest absolute Gasteiger partial charge is 0.508 e. The molecule has 79 heavy (non-hydrogen) atoms. The maximum absolute atomic E-state index is 14.2. The van der Waals surface area contributed by atoms with Crippen molar-refractivity contribution in [2.45, 2.75) is 153 Å². The third kappa shape index (κ3) is 24.0. The number of nitrogens with two attached hydrogens (primary N) is 3. The molecule has 440 valence electrons. The number of aliphatic carboxylic acids is 2. The van der Waals surface area contributed by atoms with Gasteiger partial charge in [0.05, 0.1) is 19.3 Å². The van der Waals surface area contributed by atoms with Crippen LogP contribution in [-0.2, 0) is 60.8 Å². The number of carboxylic acid groups (broad SMARTS) is 2. The molecule has 20 N–H and O–H groups in total. The molecule has 0 saturated heterocycles. The van der Waals surface area contributed by atoms with Crippen molar-refractivity contribution in [3.63, 3.8) is 0 Å². The van der Waals surface area contributed by atoms with Crippen LogP contribution in [-0.4, -0.2) is 171 Å². The minimum absolute atomic E-state index is 0.0758. The van der Waals surface area contributed by atoms with Gasteiger partial charge in [0, 0.05) is 19.3 Å². The van der Waals surface area contributed by atoms with Gasteiger partial charge in [0.2, 0.25) is 47.3 Å². The van der Waals surface area contributed by atoms with Gasteiger partial charge in [0.1, 0.15) is 59.8 Å². The van der Waals surface area contributed by atoms with E-state index in [1.165, 1.54) is 48.5 Å². The van der Waals surface area contributed by atoms with Crippen molar-refractivity contribution in [1.29, 1.82) is 0 Å². The zero-order valence-electron chi connectivity index (χ0n) is 45.1. The fourth-order valence-corrected chi connectivity index (χ4v) is 7.83. The van der Waals surface area contributed by atoms with Crippen molar-refractivity contribution >= 4 is 59.2 Å². The standard InChI is InChI=1S/C52H81N11O16/c1-5-29(4)43(51(77)61-40(27-65)50(76)59-38(25-31-14-18-33(67)19-15-31)48(74)62-42(28(2)3)52(78)79)63-46(72)35(11-7-9-23-54)56-45(71)36(20-21-41(68)69)57-49(75)39(26-64)60-47(73)37(24-30-12-16-32(66)17-13-30)58-44(70)34(55)10-6-8-22-53/h12-19,28-29,34-40,42-43,64-67H,5-11,20-27,53-55H2,1-4H3,(H,56,71)(H,57,75)(H,58,70)(H,59,76)(H,60,73)(H,61,77)(H,62,74)(H,63,72)(H,68,69)(H,78,79)/t29-,34-,35-,36-,37-,38-,39-,40-,42-,43-/m0/s1. The third-order valence-corrected chi connectivity index (χ3v) is 12.8. The number of unbranched alkanes of at least 4 members (excludes halogenated alkanes) is 2. The molecule has 0 bridgehead atoms. The first-order valence-electron chi connectivity index (χ1n) is 26.2. The van der Waals surface area contributed by atoms with E-state index in [2.05, 4.69) is 42.5 Å².